The van der Waals surface area contributed by atoms with E-state index in [9.17, 15) is 0 Å². The molecule has 160 valence electrons. The molecular formula is C31H23N3+2. The molecule has 6 rings (SSSR count). The van der Waals surface area contributed by atoms with Gasteiger partial charge in [0.05, 0.1) is 11.6 Å². The van der Waals surface area contributed by atoms with Crippen molar-refractivity contribution < 1.29 is 9.13 Å². The molecule has 1 aliphatic rings. The summed E-state index contributed by atoms with van der Waals surface area (Å²) in [6.45, 7) is 0.781. The summed E-state index contributed by atoms with van der Waals surface area (Å²) in [5, 5.41) is 8.95. The molecule has 0 unspecified atom stereocenters. The molecule has 0 saturated carbocycles. The molecule has 0 amide bonds. The van der Waals surface area contributed by atoms with Crippen LogP contribution < -0.4 is 9.13 Å². The van der Waals surface area contributed by atoms with Crippen LogP contribution in [0.2, 0.25) is 0 Å². The number of nitriles is 1. The maximum atomic E-state index is 8.95. The molecule has 0 atom stereocenters. The number of benzene rings is 3. The highest BCUT2D eigenvalue weighted by atomic mass is 14.9. The lowest BCUT2D eigenvalue weighted by molar-refractivity contribution is -0.688. The van der Waals surface area contributed by atoms with Crippen molar-refractivity contribution in [2.75, 3.05) is 0 Å². The Morgan fingerprint density at radius 3 is 2.09 bits per heavy atom. The van der Waals surface area contributed by atoms with E-state index in [1.54, 1.807) is 0 Å². The van der Waals surface area contributed by atoms with Gasteiger partial charge in [0.25, 0.3) is 0 Å². The Bertz CT molecular complexity index is 1520. The minimum Gasteiger partial charge on any atom is -0.201 e. The minimum absolute atomic E-state index is 0.690. The zero-order valence-electron chi connectivity index (χ0n) is 18.7. The van der Waals surface area contributed by atoms with E-state index < -0.39 is 0 Å². The molecule has 0 fully saturated rings. The monoisotopic (exact) mass is 437 g/mol. The molecule has 2 aromatic heterocycles. The van der Waals surface area contributed by atoms with Crippen LogP contribution >= 0.6 is 0 Å². The van der Waals surface area contributed by atoms with E-state index in [1.807, 2.05) is 24.3 Å². The smallest absolute Gasteiger partial charge is 0.201 e. The number of nitrogens with zero attached hydrogens (tertiary/aromatic N) is 3. The summed E-state index contributed by atoms with van der Waals surface area (Å²) in [7, 11) is 0. The van der Waals surface area contributed by atoms with E-state index in [4.69, 9.17) is 5.26 Å². The summed E-state index contributed by atoms with van der Waals surface area (Å²) in [5.41, 5.74) is 11.0. The average molecular weight is 438 g/mol. The van der Waals surface area contributed by atoms with Gasteiger partial charge in [-0.3, -0.25) is 0 Å². The Balaban J connectivity index is 1.19. The van der Waals surface area contributed by atoms with Crippen molar-refractivity contribution >= 4 is 0 Å². The van der Waals surface area contributed by atoms with E-state index in [1.165, 1.54) is 44.6 Å². The van der Waals surface area contributed by atoms with E-state index in [2.05, 4.69) is 107 Å². The van der Waals surface area contributed by atoms with Crippen LogP contribution in [0.3, 0.4) is 0 Å². The third kappa shape index (κ3) is 3.76. The first-order valence-electron chi connectivity index (χ1n) is 11.5. The van der Waals surface area contributed by atoms with Gasteiger partial charge in [0.1, 0.15) is 0 Å². The molecule has 5 aromatic rings. The molecule has 0 radical (unpaired) electrons. The third-order valence-corrected chi connectivity index (χ3v) is 6.58. The van der Waals surface area contributed by atoms with Crippen molar-refractivity contribution in [1.82, 2.24) is 0 Å². The first kappa shape index (κ1) is 20.1. The van der Waals surface area contributed by atoms with Gasteiger partial charge in [0.15, 0.2) is 31.3 Å². The number of hydrogen-bond donors (Lipinski definition) is 0. The van der Waals surface area contributed by atoms with Crippen LogP contribution in [-0.4, -0.2) is 0 Å². The van der Waals surface area contributed by atoms with E-state index in [0.29, 0.717) is 5.56 Å². The van der Waals surface area contributed by atoms with Gasteiger partial charge in [-0.1, -0.05) is 36.4 Å². The Morgan fingerprint density at radius 2 is 1.35 bits per heavy atom. The van der Waals surface area contributed by atoms with Crippen LogP contribution in [-0.2, 0) is 13.0 Å². The van der Waals surface area contributed by atoms with Crippen molar-refractivity contribution in [1.29, 1.82) is 5.26 Å². The van der Waals surface area contributed by atoms with Crippen LogP contribution in [0, 0.1) is 11.3 Å². The molecule has 0 saturated heterocycles. The van der Waals surface area contributed by atoms with Crippen molar-refractivity contribution in [2.45, 2.75) is 13.0 Å². The van der Waals surface area contributed by atoms with E-state index in [0.717, 1.165) is 13.0 Å². The first-order valence-corrected chi connectivity index (χ1v) is 11.5. The van der Waals surface area contributed by atoms with Crippen LogP contribution in [0.25, 0.3) is 27.9 Å². The molecule has 0 bridgehead atoms. The number of fused-ring (bicyclic) bond motifs is 3. The zero-order valence-corrected chi connectivity index (χ0v) is 18.7. The SMILES string of the molecule is N#Cc1ccc(C[n+]2ccc(-c3cc[n+](-c4ccc5c(c4)Cc4ccccc4-5)cc3)cc2)cc1. The average Bonchev–Trinajstić information content (AvgIpc) is 3.28. The van der Waals surface area contributed by atoms with Gasteiger partial charge in [-0.25, -0.2) is 4.57 Å². The second kappa shape index (κ2) is 8.42. The van der Waals surface area contributed by atoms with Gasteiger partial charge in [0, 0.05) is 42.0 Å². The summed E-state index contributed by atoms with van der Waals surface area (Å²) in [5.74, 6) is 0. The highest BCUT2D eigenvalue weighted by molar-refractivity contribution is 5.77. The highest BCUT2D eigenvalue weighted by Crippen LogP contribution is 2.36. The summed E-state index contributed by atoms with van der Waals surface area (Å²) in [6, 6.07) is 34.0. The lowest BCUT2D eigenvalue weighted by Gasteiger charge is -2.04. The lowest BCUT2D eigenvalue weighted by atomic mass is 10.1. The Hall–Kier alpha value is -4.55. The quantitative estimate of drug-likeness (QED) is 0.339. The molecular weight excluding hydrogens is 414 g/mol. The van der Waals surface area contributed by atoms with Crippen LogP contribution in [0.15, 0.2) is 116 Å². The molecule has 3 nitrogen and oxygen atoms in total. The molecule has 34 heavy (non-hydrogen) atoms. The Morgan fingerprint density at radius 1 is 0.676 bits per heavy atom. The summed E-state index contributed by atoms with van der Waals surface area (Å²) < 4.78 is 4.33. The second-order valence-electron chi connectivity index (χ2n) is 8.74. The van der Waals surface area contributed by atoms with Gasteiger partial charge < -0.3 is 0 Å². The number of pyridine rings is 2. The summed E-state index contributed by atoms with van der Waals surface area (Å²) in [4.78, 5) is 0. The lowest BCUT2D eigenvalue weighted by Crippen LogP contribution is -2.33. The molecule has 1 aliphatic carbocycles. The summed E-state index contributed by atoms with van der Waals surface area (Å²) in [6.07, 6.45) is 9.48. The first-order chi connectivity index (χ1) is 16.8. The normalized spacial score (nSPS) is 11.5. The van der Waals surface area contributed by atoms with E-state index >= 15 is 0 Å². The summed E-state index contributed by atoms with van der Waals surface area (Å²) >= 11 is 0. The molecule has 3 aromatic carbocycles. The molecule has 0 aliphatic heterocycles. The fraction of sp³-hybridized carbons (Fsp3) is 0.0645. The third-order valence-electron chi connectivity index (χ3n) is 6.58. The zero-order chi connectivity index (χ0) is 22.9. The maximum absolute atomic E-state index is 8.95. The van der Waals surface area contributed by atoms with E-state index in [-0.39, 0.29) is 0 Å². The largest absolute Gasteiger partial charge is 0.210 e. The fourth-order valence-electron chi connectivity index (χ4n) is 4.73. The minimum atomic E-state index is 0.690. The van der Waals surface area contributed by atoms with Crippen LogP contribution in [0.1, 0.15) is 22.3 Å². The fourth-order valence-corrected chi connectivity index (χ4v) is 4.73. The van der Waals surface area contributed by atoms with Crippen molar-refractivity contribution in [3.8, 4) is 34.0 Å². The van der Waals surface area contributed by atoms with Crippen LogP contribution in [0.4, 0.5) is 0 Å². The van der Waals surface area contributed by atoms with Gasteiger partial charge in [-0.05, 0) is 58.0 Å². The molecule has 2 heterocycles. The van der Waals surface area contributed by atoms with Gasteiger partial charge in [-0.2, -0.15) is 9.83 Å². The van der Waals surface area contributed by atoms with Gasteiger partial charge in [0.2, 0.25) is 5.69 Å². The topological polar surface area (TPSA) is 31.5 Å². The number of hydrogen-bond acceptors (Lipinski definition) is 1. The maximum Gasteiger partial charge on any atom is 0.210 e. The highest BCUT2D eigenvalue weighted by Gasteiger charge is 2.20. The second-order valence-corrected chi connectivity index (χ2v) is 8.74. The molecule has 0 N–H and O–H groups in total. The van der Waals surface area contributed by atoms with Gasteiger partial charge in [-0.15, -0.1) is 0 Å². The molecule has 0 spiro atoms. The number of rotatable bonds is 4. The van der Waals surface area contributed by atoms with Crippen LogP contribution in [0.5, 0.6) is 0 Å². The Kier molecular flexibility index (Phi) is 4.98. The molecule has 3 heteroatoms. The van der Waals surface area contributed by atoms with Gasteiger partial charge >= 0.3 is 0 Å². The number of aromatic nitrogens is 2. The predicted octanol–water partition coefficient (Wildman–Crippen LogP) is 5.41. The Labute approximate surface area is 199 Å². The van der Waals surface area contributed by atoms with Crippen molar-refractivity contribution in [3.63, 3.8) is 0 Å². The van der Waals surface area contributed by atoms with Crippen molar-refractivity contribution in [2.24, 2.45) is 0 Å². The standard InChI is InChI=1S/C31H23N3/c32-21-23-5-7-24(8-6-23)22-33-15-11-25(12-16-33)26-13-17-34(18-14-26)29-9-10-31-28(20-29)19-27-3-1-2-4-30(27)31/h1-18,20H,19,22H2/q+2. The predicted molar refractivity (Wildman–Crippen MR) is 132 cm³/mol. The van der Waals surface area contributed by atoms with Crippen molar-refractivity contribution in [3.05, 3.63) is 138 Å².